The maximum Gasteiger partial charge on any atom is 0.329 e. The lowest BCUT2D eigenvalue weighted by Gasteiger charge is -2.20. The summed E-state index contributed by atoms with van der Waals surface area (Å²) in [5.74, 6) is -1.81. The van der Waals surface area contributed by atoms with Crippen LogP contribution in [0.3, 0.4) is 0 Å². The van der Waals surface area contributed by atoms with E-state index in [2.05, 4.69) is 26.6 Å². The van der Waals surface area contributed by atoms with Gasteiger partial charge in [0, 0.05) is 10.2 Å². The van der Waals surface area contributed by atoms with Crippen molar-refractivity contribution in [2.75, 3.05) is 11.9 Å². The molecule has 0 fully saturated rings. The first-order valence-corrected chi connectivity index (χ1v) is 9.14. The Morgan fingerprint density at radius 2 is 1.96 bits per heavy atom. The summed E-state index contributed by atoms with van der Waals surface area (Å²) in [4.78, 5) is 36.4. The van der Waals surface area contributed by atoms with Crippen molar-refractivity contribution in [2.45, 2.75) is 26.8 Å². The first kappa shape index (κ1) is 20.7. The van der Waals surface area contributed by atoms with Crippen molar-refractivity contribution in [3.05, 3.63) is 52.4 Å². The number of ether oxygens (including phenoxy) is 1. The second-order valence-electron chi connectivity index (χ2n) is 6.29. The topological polar surface area (TPSA) is 97.6 Å². The van der Waals surface area contributed by atoms with Crippen LogP contribution in [0.5, 0.6) is 0 Å². The first-order valence-electron chi connectivity index (χ1n) is 8.35. The van der Waals surface area contributed by atoms with Gasteiger partial charge in [-0.25, -0.2) is 4.79 Å². The van der Waals surface area contributed by atoms with E-state index in [0.29, 0.717) is 5.69 Å². The monoisotopic (exact) mass is 436 g/mol. The first-order chi connectivity index (χ1) is 12.8. The molecular formula is C19H21BrN2O5. The molecule has 7 nitrogen and oxygen atoms in total. The van der Waals surface area contributed by atoms with Crippen LogP contribution >= 0.6 is 15.9 Å². The fourth-order valence-electron chi connectivity index (χ4n) is 2.30. The van der Waals surface area contributed by atoms with E-state index in [0.717, 1.165) is 10.0 Å². The summed E-state index contributed by atoms with van der Waals surface area (Å²) in [6.07, 6.45) is 1.37. The molecule has 2 aromatic rings. The van der Waals surface area contributed by atoms with Gasteiger partial charge in [0.1, 0.15) is 6.04 Å². The van der Waals surface area contributed by atoms with Crippen molar-refractivity contribution in [1.29, 1.82) is 0 Å². The average Bonchev–Trinajstić information content (AvgIpc) is 3.14. The van der Waals surface area contributed by atoms with Gasteiger partial charge in [-0.3, -0.25) is 9.59 Å². The number of nitrogens with one attached hydrogen (secondary N) is 2. The minimum Gasteiger partial charge on any atom is -0.459 e. The van der Waals surface area contributed by atoms with E-state index in [-0.39, 0.29) is 11.7 Å². The number of furan rings is 1. The Labute approximate surface area is 165 Å². The lowest BCUT2D eigenvalue weighted by molar-refractivity contribution is -0.150. The number of carbonyl (C=O) groups excluding carboxylic acids is 3. The summed E-state index contributed by atoms with van der Waals surface area (Å²) >= 11 is 3.35. The van der Waals surface area contributed by atoms with Crippen LogP contribution in [0.15, 0.2) is 45.5 Å². The molecule has 0 saturated carbocycles. The zero-order chi connectivity index (χ0) is 20.0. The molecule has 1 atom stereocenters. The molecule has 27 heavy (non-hydrogen) atoms. The quantitative estimate of drug-likeness (QED) is 0.648. The van der Waals surface area contributed by atoms with Crippen molar-refractivity contribution in [3.8, 4) is 0 Å². The summed E-state index contributed by atoms with van der Waals surface area (Å²) in [5.41, 5.74) is 1.50. The Morgan fingerprint density at radius 1 is 1.22 bits per heavy atom. The number of esters is 1. The number of aryl methyl sites for hydroxylation is 1. The van der Waals surface area contributed by atoms with Gasteiger partial charge in [-0.15, -0.1) is 0 Å². The molecule has 0 bridgehead atoms. The van der Waals surface area contributed by atoms with Gasteiger partial charge in [-0.05, 0) is 48.7 Å². The Kier molecular flexibility index (Phi) is 7.18. The fraction of sp³-hybridized carbons (Fsp3) is 0.316. The molecule has 2 amide bonds. The number of anilines is 1. The molecule has 2 N–H and O–H groups in total. The van der Waals surface area contributed by atoms with Gasteiger partial charge in [-0.1, -0.05) is 29.8 Å². The third kappa shape index (κ3) is 5.96. The van der Waals surface area contributed by atoms with E-state index in [9.17, 15) is 14.4 Å². The van der Waals surface area contributed by atoms with Crippen LogP contribution in [0.4, 0.5) is 5.69 Å². The van der Waals surface area contributed by atoms with Gasteiger partial charge < -0.3 is 19.8 Å². The van der Waals surface area contributed by atoms with Gasteiger partial charge in [-0.2, -0.15) is 0 Å². The summed E-state index contributed by atoms with van der Waals surface area (Å²) in [5, 5.41) is 5.25. The lowest BCUT2D eigenvalue weighted by Crippen LogP contribution is -2.45. The van der Waals surface area contributed by atoms with Gasteiger partial charge >= 0.3 is 5.97 Å². The number of hydrogen-bond acceptors (Lipinski definition) is 5. The van der Waals surface area contributed by atoms with E-state index in [1.54, 1.807) is 32.0 Å². The van der Waals surface area contributed by atoms with E-state index in [1.807, 2.05) is 13.0 Å². The standard InChI is InChI=1S/C19H21BrN2O5/c1-11(2)17(22-18(24)15-5-4-8-26-15)19(25)27-10-16(23)21-14-7-6-13(20)9-12(14)3/h4-9,11,17H,10H2,1-3H3,(H,21,23)(H,22,24)/t17-/m0/s1. The molecule has 1 heterocycles. The average molecular weight is 437 g/mol. The van der Waals surface area contributed by atoms with Crippen LogP contribution in [0.25, 0.3) is 0 Å². The van der Waals surface area contributed by atoms with Crippen LogP contribution in [0.1, 0.15) is 30.0 Å². The third-order valence-corrected chi connectivity index (χ3v) is 4.25. The zero-order valence-electron chi connectivity index (χ0n) is 15.2. The lowest BCUT2D eigenvalue weighted by atomic mass is 10.0. The maximum absolute atomic E-state index is 12.3. The highest BCUT2D eigenvalue weighted by Gasteiger charge is 2.27. The Bertz CT molecular complexity index is 818. The second kappa shape index (κ2) is 9.36. The van der Waals surface area contributed by atoms with Gasteiger partial charge in [0.15, 0.2) is 12.4 Å². The molecule has 0 radical (unpaired) electrons. The molecule has 0 unspecified atom stereocenters. The molecule has 1 aromatic carbocycles. The highest BCUT2D eigenvalue weighted by molar-refractivity contribution is 9.10. The van der Waals surface area contributed by atoms with E-state index in [1.165, 1.54) is 12.3 Å². The fourth-order valence-corrected chi connectivity index (χ4v) is 2.77. The van der Waals surface area contributed by atoms with Crippen LogP contribution in [0.2, 0.25) is 0 Å². The third-order valence-electron chi connectivity index (χ3n) is 3.76. The van der Waals surface area contributed by atoms with Gasteiger partial charge in [0.25, 0.3) is 11.8 Å². The zero-order valence-corrected chi connectivity index (χ0v) is 16.8. The van der Waals surface area contributed by atoms with Crippen LogP contribution in [-0.2, 0) is 14.3 Å². The number of rotatable bonds is 7. The van der Waals surface area contributed by atoms with Crippen LogP contribution in [0, 0.1) is 12.8 Å². The molecule has 144 valence electrons. The highest BCUT2D eigenvalue weighted by atomic mass is 79.9. The second-order valence-corrected chi connectivity index (χ2v) is 7.20. The largest absolute Gasteiger partial charge is 0.459 e. The van der Waals surface area contributed by atoms with E-state index in [4.69, 9.17) is 9.15 Å². The Hall–Kier alpha value is -2.61. The number of amides is 2. The van der Waals surface area contributed by atoms with Crippen molar-refractivity contribution < 1.29 is 23.5 Å². The van der Waals surface area contributed by atoms with Crippen molar-refractivity contribution in [3.63, 3.8) is 0 Å². The smallest absolute Gasteiger partial charge is 0.329 e. The number of carbonyl (C=O) groups is 3. The normalized spacial score (nSPS) is 11.7. The van der Waals surface area contributed by atoms with Gasteiger partial charge in [0.05, 0.1) is 6.26 Å². The van der Waals surface area contributed by atoms with E-state index >= 15 is 0 Å². The maximum atomic E-state index is 12.3. The van der Waals surface area contributed by atoms with Crippen LogP contribution in [-0.4, -0.2) is 30.4 Å². The van der Waals surface area contributed by atoms with Crippen molar-refractivity contribution in [2.24, 2.45) is 5.92 Å². The summed E-state index contributed by atoms with van der Waals surface area (Å²) in [6.45, 7) is 4.93. The number of benzene rings is 1. The number of hydrogen-bond donors (Lipinski definition) is 2. The van der Waals surface area contributed by atoms with Crippen molar-refractivity contribution >= 4 is 39.4 Å². The molecule has 0 spiro atoms. The summed E-state index contributed by atoms with van der Waals surface area (Å²) in [7, 11) is 0. The van der Waals surface area contributed by atoms with Crippen molar-refractivity contribution in [1.82, 2.24) is 5.32 Å². The molecule has 1 aromatic heterocycles. The number of halogens is 1. The Morgan fingerprint density at radius 3 is 2.56 bits per heavy atom. The molecular weight excluding hydrogens is 416 g/mol. The Balaban J connectivity index is 1.91. The molecule has 8 heteroatoms. The van der Waals surface area contributed by atoms with Crippen LogP contribution < -0.4 is 10.6 Å². The minimum absolute atomic E-state index is 0.0944. The highest BCUT2D eigenvalue weighted by Crippen LogP contribution is 2.20. The SMILES string of the molecule is Cc1cc(Br)ccc1NC(=O)COC(=O)[C@@H](NC(=O)c1ccco1)C(C)C. The van der Waals surface area contributed by atoms with E-state index < -0.39 is 30.4 Å². The molecule has 0 saturated heterocycles. The molecule has 0 aliphatic heterocycles. The predicted molar refractivity (Wildman–Crippen MR) is 103 cm³/mol. The predicted octanol–water partition coefficient (Wildman–Crippen LogP) is 3.29. The molecule has 0 aliphatic rings. The minimum atomic E-state index is -0.898. The molecule has 0 aliphatic carbocycles. The summed E-state index contributed by atoms with van der Waals surface area (Å²) in [6, 6.07) is 7.58. The molecule has 2 rings (SSSR count). The van der Waals surface area contributed by atoms with Gasteiger partial charge in [0.2, 0.25) is 0 Å². The summed E-state index contributed by atoms with van der Waals surface area (Å²) < 4.78 is 11.0.